The number of nitrogens with one attached hydrogen (secondary N) is 1. The summed E-state index contributed by atoms with van der Waals surface area (Å²) < 4.78 is 50.1. The lowest BCUT2D eigenvalue weighted by Crippen LogP contribution is -2.23. The number of fused-ring (bicyclic) bond motifs is 3. The Labute approximate surface area is 189 Å². The summed E-state index contributed by atoms with van der Waals surface area (Å²) in [7, 11) is 0. The molecule has 0 aliphatic carbocycles. The number of benzene rings is 3. The topological polar surface area (TPSA) is 112 Å². The van der Waals surface area contributed by atoms with E-state index < -0.39 is 46.5 Å². The van der Waals surface area contributed by atoms with Crippen LogP contribution in [0.1, 0.15) is 11.1 Å². The number of hydrogen-bond donors (Lipinski definition) is 1. The van der Waals surface area contributed by atoms with Gasteiger partial charge in [-0.1, -0.05) is 30.3 Å². The number of esters is 1. The summed E-state index contributed by atoms with van der Waals surface area (Å²) >= 11 is 0. The molecule has 1 amide bonds. The number of carbonyl (C=O) groups excluding carboxylic acids is 2. The Morgan fingerprint density at radius 2 is 1.85 bits per heavy atom. The minimum atomic E-state index is -4.95. The second kappa shape index (κ2) is 8.85. The maximum atomic E-state index is 13.2. The van der Waals surface area contributed by atoms with Crippen LogP contribution in [0, 0.1) is 10.1 Å². The summed E-state index contributed by atoms with van der Waals surface area (Å²) in [6.45, 7) is -0.844. The van der Waals surface area contributed by atoms with E-state index in [1.54, 1.807) is 6.07 Å². The van der Waals surface area contributed by atoms with E-state index in [9.17, 15) is 32.9 Å². The fourth-order valence-electron chi connectivity index (χ4n) is 3.53. The average molecular weight is 472 g/mol. The Hall–Kier alpha value is -4.41. The smallest absolute Gasteiger partial charge is 0.418 e. The Morgan fingerprint density at radius 1 is 1.09 bits per heavy atom. The van der Waals surface area contributed by atoms with E-state index in [1.807, 2.05) is 35.6 Å². The standard InChI is InChI=1S/C23H15F3N2O6/c24-23(25,26)17-10-15(28(31)32)6-7-18(17)27-20(29)12-34-21(30)9-14-11-33-19-8-5-13-3-1-2-4-16(13)22(14)19/h1-8,10-11H,9,12H2,(H,27,29). The van der Waals surface area contributed by atoms with E-state index >= 15 is 0 Å². The number of anilines is 1. The summed E-state index contributed by atoms with van der Waals surface area (Å²) in [6.07, 6.45) is -3.76. The number of non-ortho nitro benzene ring substituents is 1. The first kappa shape index (κ1) is 22.8. The van der Waals surface area contributed by atoms with E-state index in [4.69, 9.17) is 9.15 Å². The van der Waals surface area contributed by atoms with Gasteiger partial charge in [-0.15, -0.1) is 0 Å². The van der Waals surface area contributed by atoms with Crippen molar-refractivity contribution in [2.75, 3.05) is 11.9 Å². The Morgan fingerprint density at radius 3 is 2.59 bits per heavy atom. The molecule has 0 saturated carbocycles. The summed E-state index contributed by atoms with van der Waals surface area (Å²) in [5, 5.41) is 15.3. The third kappa shape index (κ3) is 4.68. The summed E-state index contributed by atoms with van der Waals surface area (Å²) in [6, 6.07) is 13.0. The van der Waals surface area contributed by atoms with Gasteiger partial charge in [-0.05, 0) is 22.9 Å². The van der Waals surface area contributed by atoms with Gasteiger partial charge in [0.25, 0.3) is 11.6 Å². The number of nitro benzene ring substituents is 1. The molecule has 3 aromatic carbocycles. The number of amides is 1. The molecule has 0 unspecified atom stereocenters. The van der Waals surface area contributed by atoms with Crippen molar-refractivity contribution < 1.29 is 36.8 Å². The number of nitrogens with zero attached hydrogens (tertiary/aromatic N) is 1. The van der Waals surface area contributed by atoms with Crippen LogP contribution in [-0.4, -0.2) is 23.4 Å². The molecule has 4 rings (SSSR count). The molecule has 0 radical (unpaired) electrons. The molecule has 8 nitrogen and oxygen atoms in total. The molecule has 1 aromatic heterocycles. The van der Waals surface area contributed by atoms with Crippen LogP contribution in [-0.2, 0) is 26.9 Å². The van der Waals surface area contributed by atoms with E-state index in [2.05, 4.69) is 0 Å². The third-order valence-electron chi connectivity index (χ3n) is 5.03. The zero-order valence-corrected chi connectivity index (χ0v) is 17.2. The molecule has 0 aliphatic rings. The molecule has 1 heterocycles. The highest BCUT2D eigenvalue weighted by Gasteiger charge is 2.35. The molecule has 0 bridgehead atoms. The Bertz CT molecular complexity index is 1430. The predicted octanol–water partition coefficient (Wildman–Crippen LogP) is 5.24. The molecular formula is C23H15F3N2O6. The van der Waals surface area contributed by atoms with Crippen molar-refractivity contribution in [2.45, 2.75) is 12.6 Å². The van der Waals surface area contributed by atoms with Gasteiger partial charge in [-0.3, -0.25) is 19.7 Å². The van der Waals surface area contributed by atoms with E-state index in [1.165, 1.54) is 6.26 Å². The minimum absolute atomic E-state index is 0.223. The lowest BCUT2D eigenvalue weighted by Gasteiger charge is -2.13. The predicted molar refractivity (Wildman–Crippen MR) is 115 cm³/mol. The summed E-state index contributed by atoms with van der Waals surface area (Å²) in [4.78, 5) is 34.2. The van der Waals surface area contributed by atoms with Crippen molar-refractivity contribution >= 4 is 45.0 Å². The van der Waals surface area contributed by atoms with Crippen LogP contribution in [0.3, 0.4) is 0 Å². The van der Waals surface area contributed by atoms with Gasteiger partial charge in [0.05, 0.1) is 28.9 Å². The third-order valence-corrected chi connectivity index (χ3v) is 5.03. The van der Waals surface area contributed by atoms with Crippen LogP contribution in [0.2, 0.25) is 0 Å². The first-order valence-electron chi connectivity index (χ1n) is 9.82. The molecular weight excluding hydrogens is 457 g/mol. The SMILES string of the molecule is O=C(COC(=O)Cc1coc2ccc3ccccc3c12)Nc1ccc([N+](=O)[O-])cc1C(F)(F)F. The highest BCUT2D eigenvalue weighted by molar-refractivity contribution is 6.08. The highest BCUT2D eigenvalue weighted by atomic mass is 19.4. The number of hydrogen-bond acceptors (Lipinski definition) is 6. The van der Waals surface area contributed by atoms with Crippen LogP contribution in [0.25, 0.3) is 21.7 Å². The first-order valence-corrected chi connectivity index (χ1v) is 9.82. The van der Waals surface area contributed by atoms with Gasteiger partial charge in [0, 0.05) is 23.1 Å². The fraction of sp³-hybridized carbons (Fsp3) is 0.130. The van der Waals surface area contributed by atoms with Crippen molar-refractivity contribution in [3.8, 4) is 0 Å². The minimum Gasteiger partial charge on any atom is -0.464 e. The van der Waals surface area contributed by atoms with Crippen molar-refractivity contribution in [1.82, 2.24) is 0 Å². The average Bonchev–Trinajstić information content (AvgIpc) is 3.20. The molecule has 34 heavy (non-hydrogen) atoms. The number of alkyl halides is 3. The van der Waals surface area contributed by atoms with Crippen molar-refractivity contribution in [3.63, 3.8) is 0 Å². The quantitative estimate of drug-likeness (QED) is 0.233. The van der Waals surface area contributed by atoms with Crippen molar-refractivity contribution in [2.24, 2.45) is 0 Å². The molecule has 1 N–H and O–H groups in total. The van der Waals surface area contributed by atoms with Gasteiger partial charge in [0.1, 0.15) is 5.58 Å². The van der Waals surface area contributed by atoms with Crippen molar-refractivity contribution in [3.05, 3.63) is 82.1 Å². The fourth-order valence-corrected chi connectivity index (χ4v) is 3.53. The van der Waals surface area contributed by atoms with Gasteiger partial charge in [0.15, 0.2) is 6.61 Å². The zero-order valence-electron chi connectivity index (χ0n) is 17.2. The number of ether oxygens (including phenoxy) is 1. The number of nitro groups is 1. The second-order valence-corrected chi connectivity index (χ2v) is 7.29. The number of carbonyl (C=O) groups is 2. The summed E-state index contributed by atoms with van der Waals surface area (Å²) in [5.74, 6) is -1.82. The van der Waals surface area contributed by atoms with Crippen LogP contribution in [0.5, 0.6) is 0 Å². The largest absolute Gasteiger partial charge is 0.464 e. The van der Waals surface area contributed by atoms with Crippen LogP contribution in [0.15, 0.2) is 65.3 Å². The van der Waals surface area contributed by atoms with Gasteiger partial charge >= 0.3 is 12.1 Å². The molecule has 0 fully saturated rings. The molecule has 0 saturated heterocycles. The van der Waals surface area contributed by atoms with Gasteiger partial charge < -0.3 is 14.5 Å². The lowest BCUT2D eigenvalue weighted by molar-refractivity contribution is -0.385. The number of rotatable bonds is 6. The maximum absolute atomic E-state index is 13.2. The monoisotopic (exact) mass is 472 g/mol. The molecule has 0 aliphatic heterocycles. The molecule has 174 valence electrons. The Balaban J connectivity index is 1.44. The van der Waals surface area contributed by atoms with E-state index in [0.717, 1.165) is 28.3 Å². The first-order chi connectivity index (χ1) is 16.1. The van der Waals surface area contributed by atoms with Gasteiger partial charge in [0.2, 0.25) is 0 Å². The molecule has 4 aromatic rings. The van der Waals surface area contributed by atoms with Gasteiger partial charge in [-0.25, -0.2) is 0 Å². The Kier molecular flexibility index (Phi) is 5.93. The summed E-state index contributed by atoms with van der Waals surface area (Å²) in [5.41, 5.74) is -1.76. The molecule has 0 atom stereocenters. The van der Waals surface area contributed by atoms with Crippen molar-refractivity contribution in [1.29, 1.82) is 0 Å². The van der Waals surface area contributed by atoms with Crippen LogP contribution < -0.4 is 5.32 Å². The van der Waals surface area contributed by atoms with Crippen LogP contribution >= 0.6 is 0 Å². The highest BCUT2D eigenvalue weighted by Crippen LogP contribution is 2.37. The second-order valence-electron chi connectivity index (χ2n) is 7.29. The normalized spacial score (nSPS) is 11.5. The van der Waals surface area contributed by atoms with E-state index in [0.29, 0.717) is 17.2 Å². The molecule has 11 heteroatoms. The molecule has 0 spiro atoms. The van der Waals surface area contributed by atoms with Gasteiger partial charge in [-0.2, -0.15) is 13.2 Å². The zero-order chi connectivity index (χ0) is 24.5. The number of halogens is 3. The maximum Gasteiger partial charge on any atom is 0.418 e. The van der Waals surface area contributed by atoms with Crippen LogP contribution in [0.4, 0.5) is 24.5 Å². The number of furan rings is 1. The lowest BCUT2D eigenvalue weighted by atomic mass is 10.0. The van der Waals surface area contributed by atoms with E-state index in [-0.39, 0.29) is 6.42 Å².